The predicted molar refractivity (Wildman–Crippen MR) is 308 cm³/mol. The maximum Gasteiger partial charge on any atom is 0.367 e. The number of amides is 2. The van der Waals surface area contributed by atoms with Crippen LogP contribution >= 0.6 is 70.6 Å². The summed E-state index contributed by atoms with van der Waals surface area (Å²) in [6.45, 7) is 2.77. The fourth-order valence-corrected chi connectivity index (χ4v) is 13.3. The van der Waals surface area contributed by atoms with Crippen LogP contribution in [0.15, 0.2) is 143 Å². The molecule has 0 saturated carbocycles. The zero-order valence-corrected chi connectivity index (χ0v) is 46.9. The zero-order chi connectivity index (χ0) is 55.7. The van der Waals surface area contributed by atoms with E-state index in [9.17, 15) is 9.59 Å². The van der Waals surface area contributed by atoms with E-state index in [0.29, 0.717) is 22.3 Å². The lowest BCUT2D eigenvalue weighted by Crippen LogP contribution is -2.54. The molecule has 0 radical (unpaired) electrons. The summed E-state index contributed by atoms with van der Waals surface area (Å²) < 4.78 is 38.0. The first-order valence-corrected chi connectivity index (χ1v) is 28.6. The monoisotopic (exact) mass is 1180 g/mol. The Balaban J connectivity index is 1.16. The number of hydrogen-bond donors (Lipinski definition) is 0. The van der Waals surface area contributed by atoms with Crippen molar-refractivity contribution >= 4 is 135 Å². The van der Waals surface area contributed by atoms with E-state index in [1.54, 1.807) is 135 Å². The van der Waals surface area contributed by atoms with E-state index >= 15 is 19.2 Å². The number of carbonyl (C=O) groups is 6. The maximum atomic E-state index is 15.4. The predicted octanol–water partition coefficient (Wildman–Crippen LogP) is 9.90. The number of nitrogens with zero attached hydrogens (tertiary/aromatic N) is 6. The van der Waals surface area contributed by atoms with Crippen molar-refractivity contribution in [3.63, 3.8) is 0 Å². The molecule has 4 aliphatic heterocycles. The van der Waals surface area contributed by atoms with Gasteiger partial charge in [0.1, 0.15) is 44.8 Å². The summed E-state index contributed by atoms with van der Waals surface area (Å²) in [5.41, 5.74) is -3.81. The number of ether oxygens (including phenoxy) is 6. The van der Waals surface area contributed by atoms with Crippen molar-refractivity contribution in [3.8, 4) is 32.6 Å². The van der Waals surface area contributed by atoms with E-state index in [2.05, 4.69) is 20.0 Å². The first-order chi connectivity index (χ1) is 38.8. The van der Waals surface area contributed by atoms with Crippen LogP contribution in [0.5, 0.6) is 11.8 Å². The van der Waals surface area contributed by atoms with Gasteiger partial charge >= 0.3 is 35.1 Å². The molecule has 2 aromatic heterocycles. The van der Waals surface area contributed by atoms with Gasteiger partial charge in [-0.3, -0.25) is 19.4 Å². The second-order valence-corrected chi connectivity index (χ2v) is 22.9. The van der Waals surface area contributed by atoms with Crippen LogP contribution in [0, 0.1) is 0 Å². The lowest BCUT2D eigenvalue weighted by Gasteiger charge is -2.38. The van der Waals surface area contributed by atoms with Crippen LogP contribution in [-0.2, 0) is 85.3 Å². The minimum absolute atomic E-state index is 0.00167. The summed E-state index contributed by atoms with van der Waals surface area (Å²) in [5, 5.41) is -0.110. The number of benzene rings is 5. The van der Waals surface area contributed by atoms with Gasteiger partial charge in [-0.2, -0.15) is 9.97 Å². The molecule has 6 heterocycles. The molecule has 80 heavy (non-hydrogen) atoms. The summed E-state index contributed by atoms with van der Waals surface area (Å²) in [5.74, 6) is -6.51. The Kier molecular flexibility index (Phi) is 15.3. The van der Waals surface area contributed by atoms with Crippen molar-refractivity contribution in [3.05, 3.63) is 167 Å². The van der Waals surface area contributed by atoms with E-state index < -0.39 is 46.9 Å². The highest BCUT2D eigenvalue weighted by atomic mass is 32.2. The van der Waals surface area contributed by atoms with Gasteiger partial charge in [-0.25, -0.2) is 29.2 Å². The molecule has 4 aliphatic rings. The average molecular weight is 1180 g/mol. The van der Waals surface area contributed by atoms with Gasteiger partial charge in [0.05, 0.1) is 0 Å². The smallest absolute Gasteiger partial charge is 0.367 e. The molecule has 0 aliphatic carbocycles. The first kappa shape index (κ1) is 54.0. The lowest BCUT2D eigenvalue weighted by molar-refractivity contribution is -0.185. The van der Waals surface area contributed by atoms with E-state index in [1.165, 1.54) is 21.9 Å². The van der Waals surface area contributed by atoms with Crippen LogP contribution in [0.4, 0.5) is 10.3 Å². The first-order valence-electron chi connectivity index (χ1n) is 24.5. The van der Waals surface area contributed by atoms with Gasteiger partial charge in [-0.05, 0) is 71.8 Å². The van der Waals surface area contributed by atoms with Gasteiger partial charge in [0, 0.05) is 35.3 Å². The number of carbonyl (C=O) groups excluding carboxylic acids is 6. The number of esters is 4. The van der Waals surface area contributed by atoms with Crippen molar-refractivity contribution in [2.45, 2.75) is 51.5 Å². The van der Waals surface area contributed by atoms with Crippen LogP contribution in [0.25, 0.3) is 20.9 Å². The van der Waals surface area contributed by atoms with Gasteiger partial charge in [-0.1, -0.05) is 168 Å². The van der Waals surface area contributed by atoms with Crippen LogP contribution in [0.3, 0.4) is 0 Å². The third-order valence-electron chi connectivity index (χ3n) is 12.8. The van der Waals surface area contributed by atoms with Gasteiger partial charge in [0.2, 0.25) is 22.0 Å². The highest BCUT2D eigenvalue weighted by Gasteiger charge is 2.63. The van der Waals surface area contributed by atoms with Gasteiger partial charge < -0.3 is 28.4 Å². The van der Waals surface area contributed by atoms with Crippen molar-refractivity contribution in [2.75, 3.05) is 13.1 Å². The molecule has 5 aromatic carbocycles. The zero-order valence-electron chi connectivity index (χ0n) is 42.0. The molecular weight excluding hydrogens is 1140 g/mol. The highest BCUT2D eigenvalue weighted by Crippen LogP contribution is 2.57. The molecular formula is C56H40N6O12S6. The minimum atomic E-state index is -2.86. The maximum absolute atomic E-state index is 15.4. The number of thiazole rings is 2. The topological polar surface area (TPSA) is 215 Å². The molecule has 0 N–H and O–H groups in total. The van der Waals surface area contributed by atoms with E-state index in [4.69, 9.17) is 52.9 Å². The number of hydrogen-bond acceptors (Lipinski definition) is 22. The van der Waals surface area contributed by atoms with Crippen LogP contribution in [0.2, 0.25) is 0 Å². The van der Waals surface area contributed by atoms with Gasteiger partial charge in [-0.15, -0.1) is 0 Å². The van der Waals surface area contributed by atoms with Crippen LogP contribution in [-0.4, -0.2) is 87.3 Å². The molecule has 0 atom stereocenters. The van der Waals surface area contributed by atoms with Crippen molar-refractivity contribution in [1.82, 2.24) is 19.8 Å². The number of aromatic nitrogens is 2. The van der Waals surface area contributed by atoms with Crippen molar-refractivity contribution in [2.24, 2.45) is 9.98 Å². The molecule has 402 valence electrons. The van der Waals surface area contributed by atoms with Crippen molar-refractivity contribution in [1.29, 1.82) is 0 Å². The SMILES string of the molecule is CCN1C(=O)C(=Nc2nc3c(s2)-c2cc4c(cc2C(C(=O)OCc2ccccc2)(C(=O)OCc2ccccc2)O3)-c2sc(N=C3SC(=S)N(CC)C3=O)nc2OC4(C(=O)OCc2ccccc2)C(=O)OCc2ccccc2)SC1=S. The van der Waals surface area contributed by atoms with Gasteiger partial charge in [0.25, 0.3) is 11.8 Å². The number of fused-ring (bicyclic) bond motifs is 6. The standard InChI is InChI=1S/C56H40N6O12S6/c1-3-61-45(63)43(79-53(61)75)59-51-57-41-39(77-51)35-25-38-36(26-37(35)55(73-41,47(65)69-27-31-17-9-5-10-18-31)48(66)70-28-32-19-11-6-12-20-32)40-42(58-52(78-40)60-44-46(64)62(4-2)54(76)80-44)74-56(38,49(67)71-29-33-21-13-7-14-22-33)50(68)72-30-34-23-15-8-16-24-34/h5-26H,3-4,27-30H2,1-2H3. The molecule has 24 heteroatoms. The summed E-state index contributed by atoms with van der Waals surface area (Å²) in [6, 6.07) is 37.7. The summed E-state index contributed by atoms with van der Waals surface area (Å²) in [6.07, 6.45) is 0. The fraction of sp³-hybridized carbons (Fsp3) is 0.179. The quantitative estimate of drug-likeness (QED) is 0.0381. The molecule has 18 nitrogen and oxygen atoms in total. The molecule has 0 unspecified atom stereocenters. The fourth-order valence-electron chi connectivity index (χ4n) is 8.82. The average Bonchev–Trinajstić information content (AvgIpc) is 4.25. The largest absolute Gasteiger partial charge is 0.457 e. The second kappa shape index (κ2) is 22.6. The number of rotatable bonds is 16. The molecule has 0 bridgehead atoms. The van der Waals surface area contributed by atoms with E-state index in [-0.39, 0.29) is 112 Å². The Labute approximate surface area is 483 Å². The molecule has 11 rings (SSSR count). The Morgan fingerprint density at radius 1 is 0.512 bits per heavy atom. The third-order valence-corrected chi connectivity index (χ3v) is 17.3. The highest BCUT2D eigenvalue weighted by molar-refractivity contribution is 8.35. The Bertz CT molecular complexity index is 3390. The minimum Gasteiger partial charge on any atom is -0.457 e. The molecule has 7 aromatic rings. The van der Waals surface area contributed by atoms with Crippen LogP contribution < -0.4 is 9.47 Å². The number of aliphatic imine (C=N–C) groups is 2. The normalized spacial score (nSPS) is 16.5. The Morgan fingerprint density at radius 2 is 0.812 bits per heavy atom. The van der Waals surface area contributed by atoms with Crippen LogP contribution in [0.1, 0.15) is 47.2 Å². The number of thiocarbonyl (C=S) groups is 2. The number of thioether (sulfide) groups is 2. The Hall–Kier alpha value is -8.00. The Morgan fingerprint density at radius 3 is 1.09 bits per heavy atom. The molecule has 2 fully saturated rings. The molecule has 2 saturated heterocycles. The molecule has 0 spiro atoms. The van der Waals surface area contributed by atoms with Gasteiger partial charge in [0.15, 0.2) is 10.1 Å². The summed E-state index contributed by atoms with van der Waals surface area (Å²) in [4.78, 5) is 110. The summed E-state index contributed by atoms with van der Waals surface area (Å²) >= 11 is 14.7. The summed E-state index contributed by atoms with van der Waals surface area (Å²) in [7, 11) is 0. The third kappa shape index (κ3) is 10.1. The van der Waals surface area contributed by atoms with E-state index in [1.807, 2.05) is 0 Å². The molecule has 2 amide bonds. The van der Waals surface area contributed by atoms with Crippen molar-refractivity contribution < 1.29 is 57.2 Å². The van der Waals surface area contributed by atoms with E-state index in [0.717, 1.165) is 46.2 Å². The second-order valence-electron chi connectivity index (χ2n) is 17.7. The lowest BCUT2D eigenvalue weighted by atomic mass is 9.79.